The second kappa shape index (κ2) is 6.43. The van der Waals surface area contributed by atoms with Gasteiger partial charge in [0.05, 0.1) is 23.0 Å². The van der Waals surface area contributed by atoms with E-state index in [0.29, 0.717) is 19.7 Å². The Labute approximate surface area is 122 Å². The highest BCUT2D eigenvalue weighted by Crippen LogP contribution is 2.23. The van der Waals surface area contributed by atoms with Gasteiger partial charge in [0.15, 0.2) is 5.84 Å². The molecule has 1 aromatic rings. The fraction of sp³-hybridized carbons (Fsp3) is 0.667. The van der Waals surface area contributed by atoms with Crippen molar-refractivity contribution in [3.05, 3.63) is 16.4 Å². The Morgan fingerprint density at radius 2 is 2.40 bits per heavy atom. The normalized spacial score (nSPS) is 21.4. The monoisotopic (exact) mass is 301 g/mol. The molecular formula is C12H20ClN5O2. The van der Waals surface area contributed by atoms with E-state index in [1.54, 1.807) is 0 Å². The predicted molar refractivity (Wildman–Crippen MR) is 76.0 cm³/mol. The maximum Gasteiger partial charge on any atom is 0.169 e. The Morgan fingerprint density at radius 3 is 3.00 bits per heavy atom. The van der Waals surface area contributed by atoms with Gasteiger partial charge in [0, 0.05) is 26.7 Å². The number of rotatable bonds is 4. The van der Waals surface area contributed by atoms with E-state index >= 15 is 0 Å². The number of amidine groups is 1. The topological polar surface area (TPSA) is 88.9 Å². The summed E-state index contributed by atoms with van der Waals surface area (Å²) in [5, 5.41) is 16.8. The van der Waals surface area contributed by atoms with Gasteiger partial charge in [-0.25, -0.2) is 0 Å². The van der Waals surface area contributed by atoms with Crippen LogP contribution in [0.1, 0.15) is 18.3 Å². The molecule has 1 aromatic heterocycles. The van der Waals surface area contributed by atoms with Crippen LogP contribution >= 0.6 is 11.6 Å². The first-order valence-corrected chi connectivity index (χ1v) is 6.96. The standard InChI is InChI=1S/C12H20ClN5O2/c1-3-8-11(13)9(17(2)15-8)6-18-4-5-20-10(7-18)12(14)16-19/h10,19H,3-7H2,1-2H3,(H2,14,16). The molecule has 7 nitrogen and oxygen atoms in total. The molecule has 0 saturated carbocycles. The van der Waals surface area contributed by atoms with E-state index in [0.717, 1.165) is 29.4 Å². The van der Waals surface area contributed by atoms with Gasteiger partial charge in [0.1, 0.15) is 6.10 Å². The first-order chi connectivity index (χ1) is 9.56. The Balaban J connectivity index is 2.08. The van der Waals surface area contributed by atoms with Crippen LogP contribution in [0.5, 0.6) is 0 Å². The number of nitrogens with zero attached hydrogens (tertiary/aromatic N) is 4. The smallest absolute Gasteiger partial charge is 0.169 e. The molecular weight excluding hydrogens is 282 g/mol. The zero-order chi connectivity index (χ0) is 14.7. The van der Waals surface area contributed by atoms with Crippen LogP contribution in [0.3, 0.4) is 0 Å². The van der Waals surface area contributed by atoms with Crippen LogP contribution in [0.4, 0.5) is 0 Å². The maximum absolute atomic E-state index is 8.72. The highest BCUT2D eigenvalue weighted by atomic mass is 35.5. The third kappa shape index (κ3) is 3.05. The summed E-state index contributed by atoms with van der Waals surface area (Å²) < 4.78 is 7.29. The molecule has 2 rings (SSSR count). The van der Waals surface area contributed by atoms with Gasteiger partial charge in [0.25, 0.3) is 0 Å². The molecule has 1 fully saturated rings. The van der Waals surface area contributed by atoms with E-state index in [1.807, 2.05) is 18.7 Å². The van der Waals surface area contributed by atoms with Gasteiger partial charge in [-0.05, 0) is 6.42 Å². The largest absolute Gasteiger partial charge is 0.409 e. The minimum atomic E-state index is -0.383. The summed E-state index contributed by atoms with van der Waals surface area (Å²) in [6.07, 6.45) is 0.425. The van der Waals surface area contributed by atoms with Gasteiger partial charge in [-0.2, -0.15) is 5.10 Å². The molecule has 8 heteroatoms. The van der Waals surface area contributed by atoms with Crippen molar-refractivity contribution >= 4 is 17.4 Å². The van der Waals surface area contributed by atoms with Gasteiger partial charge in [-0.3, -0.25) is 9.58 Å². The molecule has 0 amide bonds. The van der Waals surface area contributed by atoms with Crippen LogP contribution in [0.2, 0.25) is 5.02 Å². The SMILES string of the molecule is CCc1nn(C)c(CN2CCOC(C(N)=NO)C2)c1Cl. The Bertz CT molecular complexity index is 502. The second-order valence-corrected chi connectivity index (χ2v) is 5.18. The molecule has 2 heterocycles. The van der Waals surface area contributed by atoms with E-state index in [-0.39, 0.29) is 11.9 Å². The van der Waals surface area contributed by atoms with Crippen molar-refractivity contribution < 1.29 is 9.94 Å². The molecule has 1 unspecified atom stereocenters. The molecule has 1 aliphatic heterocycles. The van der Waals surface area contributed by atoms with Crippen molar-refractivity contribution in [1.82, 2.24) is 14.7 Å². The van der Waals surface area contributed by atoms with E-state index in [4.69, 9.17) is 27.3 Å². The van der Waals surface area contributed by atoms with Crippen molar-refractivity contribution in [2.45, 2.75) is 26.0 Å². The number of aryl methyl sites for hydroxylation is 2. The lowest BCUT2D eigenvalue weighted by molar-refractivity contribution is 0.000599. The quantitative estimate of drug-likeness (QED) is 0.368. The number of halogens is 1. The molecule has 0 bridgehead atoms. The van der Waals surface area contributed by atoms with Crippen LogP contribution in [0.15, 0.2) is 5.16 Å². The average Bonchev–Trinajstić information content (AvgIpc) is 2.74. The zero-order valence-electron chi connectivity index (χ0n) is 11.7. The van der Waals surface area contributed by atoms with Crippen LogP contribution in [-0.2, 0) is 24.8 Å². The number of ether oxygens (including phenoxy) is 1. The lowest BCUT2D eigenvalue weighted by Gasteiger charge is -2.32. The fourth-order valence-electron chi connectivity index (χ4n) is 2.29. The lowest BCUT2D eigenvalue weighted by atomic mass is 10.2. The summed E-state index contributed by atoms with van der Waals surface area (Å²) >= 11 is 6.35. The van der Waals surface area contributed by atoms with Crippen molar-refractivity contribution in [2.24, 2.45) is 17.9 Å². The van der Waals surface area contributed by atoms with Gasteiger partial charge in [0.2, 0.25) is 0 Å². The number of nitrogens with two attached hydrogens (primary N) is 1. The first kappa shape index (κ1) is 15.1. The molecule has 3 N–H and O–H groups in total. The van der Waals surface area contributed by atoms with Crippen molar-refractivity contribution in [3.63, 3.8) is 0 Å². The van der Waals surface area contributed by atoms with Gasteiger partial charge >= 0.3 is 0 Å². The molecule has 0 aliphatic carbocycles. The van der Waals surface area contributed by atoms with Gasteiger partial charge < -0.3 is 15.7 Å². The van der Waals surface area contributed by atoms with E-state index in [1.165, 1.54) is 0 Å². The molecule has 1 atom stereocenters. The minimum Gasteiger partial charge on any atom is -0.409 e. The van der Waals surface area contributed by atoms with Crippen LogP contribution in [0, 0.1) is 0 Å². The summed E-state index contributed by atoms with van der Waals surface area (Å²) in [7, 11) is 1.89. The van der Waals surface area contributed by atoms with Crippen LogP contribution in [-0.4, -0.2) is 51.5 Å². The van der Waals surface area contributed by atoms with Crippen molar-refractivity contribution in [3.8, 4) is 0 Å². The number of hydrogen-bond donors (Lipinski definition) is 2. The van der Waals surface area contributed by atoms with Crippen LogP contribution < -0.4 is 5.73 Å². The highest BCUT2D eigenvalue weighted by Gasteiger charge is 2.25. The molecule has 0 spiro atoms. The minimum absolute atomic E-state index is 0.0973. The van der Waals surface area contributed by atoms with Crippen LogP contribution in [0.25, 0.3) is 0 Å². The molecule has 0 aromatic carbocycles. The second-order valence-electron chi connectivity index (χ2n) is 4.80. The van der Waals surface area contributed by atoms with E-state index in [2.05, 4.69) is 15.2 Å². The number of morpholine rings is 1. The summed E-state index contributed by atoms with van der Waals surface area (Å²) in [5.74, 6) is 0.0973. The Hall–Kier alpha value is -1.31. The summed E-state index contributed by atoms with van der Waals surface area (Å²) in [5.41, 5.74) is 7.48. The van der Waals surface area contributed by atoms with Crippen molar-refractivity contribution in [2.75, 3.05) is 19.7 Å². The van der Waals surface area contributed by atoms with E-state index < -0.39 is 0 Å². The predicted octanol–water partition coefficient (Wildman–Crippen LogP) is 0.583. The molecule has 112 valence electrons. The summed E-state index contributed by atoms with van der Waals surface area (Å²) in [6, 6.07) is 0. The number of hydrogen-bond acceptors (Lipinski definition) is 5. The van der Waals surface area contributed by atoms with Gasteiger partial charge in [-0.15, -0.1) is 0 Å². The lowest BCUT2D eigenvalue weighted by Crippen LogP contribution is -2.48. The average molecular weight is 302 g/mol. The Morgan fingerprint density at radius 1 is 1.65 bits per heavy atom. The molecule has 1 aliphatic rings. The third-order valence-electron chi connectivity index (χ3n) is 3.47. The fourth-order valence-corrected chi connectivity index (χ4v) is 2.65. The zero-order valence-corrected chi connectivity index (χ0v) is 12.5. The number of aromatic nitrogens is 2. The molecule has 20 heavy (non-hydrogen) atoms. The van der Waals surface area contributed by atoms with Crippen molar-refractivity contribution in [1.29, 1.82) is 0 Å². The summed E-state index contributed by atoms with van der Waals surface area (Å²) in [4.78, 5) is 2.16. The summed E-state index contributed by atoms with van der Waals surface area (Å²) in [6.45, 7) is 4.58. The third-order valence-corrected chi connectivity index (χ3v) is 3.91. The van der Waals surface area contributed by atoms with Gasteiger partial charge in [-0.1, -0.05) is 23.7 Å². The maximum atomic E-state index is 8.72. The Kier molecular flexibility index (Phi) is 4.85. The molecule has 0 radical (unpaired) electrons. The van der Waals surface area contributed by atoms with E-state index in [9.17, 15) is 0 Å². The number of oxime groups is 1. The molecule has 1 saturated heterocycles. The highest BCUT2D eigenvalue weighted by molar-refractivity contribution is 6.31. The first-order valence-electron chi connectivity index (χ1n) is 6.58.